The Labute approximate surface area is 425 Å². The molecule has 0 spiro atoms. The first-order valence-electron chi connectivity index (χ1n) is 30.3. The molecule has 7 nitrogen and oxygen atoms in total. The highest BCUT2D eigenvalue weighted by molar-refractivity contribution is 6.86. The second-order valence-electron chi connectivity index (χ2n) is 17.7. The van der Waals surface area contributed by atoms with Crippen molar-refractivity contribution in [2.45, 2.75) is 39.9 Å². The quantitative estimate of drug-likeness (QED) is 0.0867. The molecule has 3 aromatic heterocycles. The van der Waals surface area contributed by atoms with E-state index in [1.165, 1.54) is 45.5 Å². The number of ether oxygens (including phenoxy) is 1. The van der Waals surface area contributed by atoms with Crippen LogP contribution in [0.2, 0.25) is 0 Å². The van der Waals surface area contributed by atoms with Gasteiger partial charge < -0.3 is 14.1 Å². The highest BCUT2D eigenvalue weighted by Crippen LogP contribution is 2.38. The Kier molecular flexibility index (Phi) is 6.77. The van der Waals surface area contributed by atoms with Gasteiger partial charge in [-0.2, -0.15) is 0 Å². The minimum absolute atomic E-state index is 0.0461. The molecule has 0 fully saturated rings. The maximum Gasteiger partial charge on any atom is 0.321 e. The normalized spacial score (nSPS) is 16.9. The van der Waals surface area contributed by atoms with Gasteiger partial charge in [0.05, 0.1) is 36.0 Å². The van der Waals surface area contributed by atoms with E-state index >= 15 is 0 Å². The molecule has 332 valence electrons. The van der Waals surface area contributed by atoms with Crippen LogP contribution in [0.15, 0.2) is 211 Å². The van der Waals surface area contributed by atoms with Gasteiger partial charge in [0.15, 0.2) is 12.2 Å². The van der Waals surface area contributed by atoms with Crippen molar-refractivity contribution in [2.24, 2.45) is 4.99 Å². The molecule has 2 aliphatic heterocycles. The molecule has 10 aromatic rings. The lowest BCUT2D eigenvalue weighted by atomic mass is 9.48. The number of nitrogens with zero attached hydrogens (tertiary/aromatic N) is 6. The highest BCUT2D eigenvalue weighted by Gasteiger charge is 2.42. The zero-order valence-corrected chi connectivity index (χ0v) is 37.5. The monoisotopic (exact) mass is 909 g/mol. The van der Waals surface area contributed by atoms with E-state index in [-0.39, 0.29) is 67.2 Å². The van der Waals surface area contributed by atoms with E-state index in [0.717, 1.165) is 27.4 Å². The average Bonchev–Trinajstić information content (AvgIpc) is 1.88. The van der Waals surface area contributed by atoms with Crippen molar-refractivity contribution in [2.75, 3.05) is 0 Å². The van der Waals surface area contributed by atoms with Gasteiger partial charge in [0.1, 0.15) is 17.3 Å². The van der Waals surface area contributed by atoms with Crippen LogP contribution in [-0.2, 0) is 5.41 Å². The van der Waals surface area contributed by atoms with Gasteiger partial charge in [0.2, 0.25) is 5.82 Å². The number of hydrogen-bond donors (Lipinski definition) is 0. The van der Waals surface area contributed by atoms with Crippen molar-refractivity contribution < 1.29 is 31.2 Å². The number of para-hydroxylation sites is 2. The predicted molar refractivity (Wildman–Crippen MR) is 283 cm³/mol. The molecule has 2 aliphatic rings. The molecular weight excluding hydrogens is 844 g/mol. The molecule has 69 heavy (non-hydrogen) atoms. The number of aliphatic imine (C=N–C) groups is 1. The van der Waals surface area contributed by atoms with Crippen LogP contribution in [0.5, 0.6) is 11.5 Å². The zero-order valence-electron chi connectivity index (χ0n) is 53.5. The summed E-state index contributed by atoms with van der Waals surface area (Å²) in [6.07, 6.45) is 11.8. The van der Waals surface area contributed by atoms with Crippen LogP contribution >= 0.6 is 0 Å². The number of benzene rings is 7. The van der Waals surface area contributed by atoms with Crippen LogP contribution < -0.4 is 20.4 Å². The number of pyridine rings is 1. The number of fused-ring (bicyclic) bond motifs is 5. The van der Waals surface area contributed by atoms with Crippen LogP contribution in [0.25, 0.3) is 61.3 Å². The summed E-state index contributed by atoms with van der Waals surface area (Å²) < 4.78 is 155. The van der Waals surface area contributed by atoms with Crippen molar-refractivity contribution in [3.8, 4) is 50.9 Å². The van der Waals surface area contributed by atoms with Gasteiger partial charge in [-0.1, -0.05) is 171 Å². The van der Waals surface area contributed by atoms with Crippen LogP contribution in [-0.4, -0.2) is 31.6 Å². The van der Waals surface area contributed by atoms with Crippen LogP contribution in [0.3, 0.4) is 0 Å². The molecule has 5 heterocycles. The average molecular weight is 909 g/mol. The minimum atomic E-state index is -2.90. The highest BCUT2D eigenvalue weighted by atomic mass is 16.5. The molecule has 0 radical (unpaired) electrons. The number of hydrogen-bond acceptors (Lipinski definition) is 4. The molecule has 0 saturated heterocycles. The second-order valence-corrected chi connectivity index (χ2v) is 17.7. The fourth-order valence-electron chi connectivity index (χ4n) is 9.30. The predicted octanol–water partition coefficient (Wildman–Crippen LogP) is 12.6. The van der Waals surface area contributed by atoms with E-state index in [0.29, 0.717) is 23.0 Å². The Hall–Kier alpha value is -8.49. The summed E-state index contributed by atoms with van der Waals surface area (Å²) in [7, 11) is 0. The smallest absolute Gasteiger partial charge is 0.321 e. The number of amidine groups is 1. The molecule has 0 atom stereocenters. The van der Waals surface area contributed by atoms with E-state index in [1.807, 2.05) is 42.5 Å². The second kappa shape index (κ2) is 16.7. The third-order valence-electron chi connectivity index (χ3n) is 12.5. The third kappa shape index (κ3) is 7.27. The van der Waals surface area contributed by atoms with Crippen LogP contribution in [0.4, 0.5) is 5.82 Å². The Morgan fingerprint density at radius 1 is 0.696 bits per heavy atom. The van der Waals surface area contributed by atoms with Crippen LogP contribution in [0.1, 0.15) is 59.4 Å². The van der Waals surface area contributed by atoms with E-state index in [4.69, 9.17) is 31.2 Å². The summed E-state index contributed by atoms with van der Waals surface area (Å²) in [6.45, 7) is -0.743. The lowest BCUT2D eigenvalue weighted by Crippen LogP contribution is -2.62. The Bertz CT molecular complexity index is 4400. The van der Waals surface area contributed by atoms with Crippen molar-refractivity contribution in [1.29, 1.82) is 0 Å². The van der Waals surface area contributed by atoms with E-state index in [2.05, 4.69) is 43.8 Å². The Balaban J connectivity index is 1.16. The number of aromatic nitrogens is 4. The van der Waals surface area contributed by atoms with Gasteiger partial charge >= 0.3 is 6.85 Å². The Morgan fingerprint density at radius 3 is 2.13 bits per heavy atom. The minimum Gasteiger partial charge on any atom is -0.458 e. The largest absolute Gasteiger partial charge is 0.458 e. The first-order chi connectivity index (χ1) is 40.3. The standard InChI is InChI=1S/C61H49BN6O/c1-41-19-16-20-42(2)57(41)62-59-60(64-55-31-14-15-36-67(55)62)66(58-49(43-21-8-6-9-22-43)28-18-29-50(58)44-23-10-7-11-24-44)40-65(59)46-25-17-26-47(38-46)69-48-32-33-52-51-27-12-13-30-53(51)68(54(52)39-48)56-37-45(34-35-63-56)61(3,4)5/h6-39H,1-5H3/i1D3,2D3,6D,7D,8D,9D,10D,11D,21D,22D,23D,24D. The van der Waals surface area contributed by atoms with Gasteiger partial charge in [0, 0.05) is 36.9 Å². The maximum atomic E-state index is 9.29. The first kappa shape index (κ1) is 28.0. The lowest BCUT2D eigenvalue weighted by Gasteiger charge is -2.34. The molecule has 0 bridgehead atoms. The van der Waals surface area contributed by atoms with Crippen molar-refractivity contribution >= 4 is 51.4 Å². The summed E-state index contributed by atoms with van der Waals surface area (Å²) in [4.78, 5) is 11.7. The zero-order chi connectivity index (χ0) is 60.5. The van der Waals surface area contributed by atoms with Crippen LogP contribution in [0, 0.1) is 20.0 Å². The van der Waals surface area contributed by atoms with E-state index < -0.39 is 81.0 Å². The van der Waals surface area contributed by atoms with E-state index in [9.17, 15) is 5.48 Å². The molecule has 0 N–H and O–H groups in total. The molecule has 0 saturated carbocycles. The molecular formula is C61H49BN6O. The maximum absolute atomic E-state index is 9.29. The number of allylic oxidation sites excluding steroid dienone is 2. The fourth-order valence-corrected chi connectivity index (χ4v) is 9.30. The van der Waals surface area contributed by atoms with E-state index in [1.54, 1.807) is 59.7 Å². The van der Waals surface area contributed by atoms with Gasteiger partial charge in [-0.15, -0.1) is 4.99 Å². The van der Waals surface area contributed by atoms with Crippen molar-refractivity contribution in [1.82, 2.24) is 18.9 Å². The molecule has 8 heteroatoms. The van der Waals surface area contributed by atoms with Gasteiger partial charge in [-0.3, -0.25) is 9.13 Å². The topological polar surface area (TPSA) is 51.5 Å². The number of imidazole rings is 1. The van der Waals surface area contributed by atoms with Gasteiger partial charge in [0.25, 0.3) is 0 Å². The number of aryl methyl sites for hydroxylation is 2. The molecule has 0 aliphatic carbocycles. The Morgan fingerprint density at radius 2 is 1.39 bits per heavy atom. The summed E-state index contributed by atoms with van der Waals surface area (Å²) in [6, 6.07) is 26.6. The first-order valence-corrected chi connectivity index (χ1v) is 22.3. The third-order valence-corrected chi connectivity index (χ3v) is 12.5. The summed E-state index contributed by atoms with van der Waals surface area (Å²) in [5, 5.41) is 1.95. The molecule has 0 amide bonds. The summed E-state index contributed by atoms with van der Waals surface area (Å²) in [5.74, 6) is 1.60. The molecule has 7 aromatic carbocycles. The van der Waals surface area contributed by atoms with Crippen molar-refractivity contribution in [3.05, 3.63) is 229 Å². The van der Waals surface area contributed by atoms with Gasteiger partial charge in [-0.25, -0.2) is 4.98 Å². The fraction of sp³-hybridized carbons (Fsp3) is 0.0984. The summed E-state index contributed by atoms with van der Waals surface area (Å²) in [5.41, 5.74) is 1.51. The number of rotatable bonds is 8. The lowest BCUT2D eigenvalue weighted by molar-refractivity contribution is -0.584. The van der Waals surface area contributed by atoms with Gasteiger partial charge in [-0.05, 0) is 108 Å². The van der Waals surface area contributed by atoms with Crippen molar-refractivity contribution in [3.63, 3.8) is 0 Å². The molecule has 0 unspecified atom stereocenters. The summed E-state index contributed by atoms with van der Waals surface area (Å²) >= 11 is 0. The SMILES string of the molecule is [2H]c1c([2H])c([2H])c(-c2cccc(-c3c([2H])c([2H])c([2H])c([2H])c3[2H])c2-[n+]2[c-]n(-c3cccc(Oc4ccc5c6ccccc6n(-c6cc(C(C)(C)C)ccn6)c5c4)c3)c3c2N=C2C=CC=CN2B3c2c(C([2H])([2H])[2H])cccc2C([2H])([2H])[2H])c([2H])c1[2H]. The molecule has 12 rings (SSSR count).